The maximum atomic E-state index is 12.6. The third-order valence-electron chi connectivity index (χ3n) is 4.30. The zero-order valence-electron chi connectivity index (χ0n) is 15.7. The molecular weight excluding hydrogens is 366 g/mol. The van der Waals surface area contributed by atoms with Crippen LogP contribution in [0, 0.1) is 0 Å². The number of hydrogen-bond donors (Lipinski definition) is 0. The second-order valence-corrected chi connectivity index (χ2v) is 7.25. The fourth-order valence-electron chi connectivity index (χ4n) is 2.71. The minimum atomic E-state index is 0.0439. The third-order valence-corrected chi connectivity index (χ3v) is 5.23. The van der Waals surface area contributed by atoms with E-state index in [1.807, 2.05) is 12.1 Å². The molecule has 1 aliphatic carbocycles. The molecule has 1 amide bonds. The number of pyridine rings is 1. The van der Waals surface area contributed by atoms with Crippen LogP contribution in [0.3, 0.4) is 0 Å². The van der Waals surface area contributed by atoms with Crippen molar-refractivity contribution < 1.29 is 14.3 Å². The van der Waals surface area contributed by atoms with Gasteiger partial charge in [-0.3, -0.25) is 14.3 Å². The van der Waals surface area contributed by atoms with E-state index in [0.717, 1.165) is 29.4 Å². The van der Waals surface area contributed by atoms with Gasteiger partial charge in [-0.25, -0.2) is 0 Å². The van der Waals surface area contributed by atoms with E-state index in [0.29, 0.717) is 38.1 Å². The highest BCUT2D eigenvalue weighted by atomic mass is 32.2. The summed E-state index contributed by atoms with van der Waals surface area (Å²) in [4.78, 5) is 18.6. The Morgan fingerprint density at radius 1 is 1.26 bits per heavy atom. The number of rotatable bonds is 11. The van der Waals surface area contributed by atoms with Gasteiger partial charge >= 0.3 is 0 Å². The van der Waals surface area contributed by atoms with Gasteiger partial charge in [-0.05, 0) is 25.0 Å². The molecule has 1 saturated carbocycles. The van der Waals surface area contributed by atoms with Crippen LogP contribution in [0.1, 0.15) is 18.9 Å². The number of amides is 1. The van der Waals surface area contributed by atoms with Crippen LogP contribution in [0.5, 0.6) is 0 Å². The molecule has 0 spiro atoms. The van der Waals surface area contributed by atoms with Crippen LogP contribution in [0.15, 0.2) is 29.7 Å². The van der Waals surface area contributed by atoms with Crippen LogP contribution in [0.2, 0.25) is 0 Å². The first-order valence-electron chi connectivity index (χ1n) is 8.98. The lowest BCUT2D eigenvalue weighted by atomic mass is 10.3. The molecule has 27 heavy (non-hydrogen) atoms. The van der Waals surface area contributed by atoms with E-state index in [-0.39, 0.29) is 5.91 Å². The van der Waals surface area contributed by atoms with Gasteiger partial charge in [-0.1, -0.05) is 11.8 Å². The number of ether oxygens (including phenoxy) is 2. The molecule has 0 aliphatic heterocycles. The largest absolute Gasteiger partial charge is 0.383 e. The molecule has 1 fully saturated rings. The lowest BCUT2D eigenvalue weighted by molar-refractivity contribution is -0.129. The Morgan fingerprint density at radius 3 is 2.59 bits per heavy atom. The molecule has 9 heteroatoms. The Hall–Kier alpha value is -1.97. The highest BCUT2D eigenvalue weighted by Gasteiger charge is 2.30. The minimum Gasteiger partial charge on any atom is -0.383 e. The van der Waals surface area contributed by atoms with Crippen molar-refractivity contribution in [3.63, 3.8) is 0 Å². The van der Waals surface area contributed by atoms with Crippen molar-refractivity contribution in [1.29, 1.82) is 0 Å². The van der Waals surface area contributed by atoms with E-state index < -0.39 is 0 Å². The maximum absolute atomic E-state index is 12.6. The summed E-state index contributed by atoms with van der Waals surface area (Å²) in [5.41, 5.74) is 0.942. The highest BCUT2D eigenvalue weighted by molar-refractivity contribution is 7.99. The molecule has 0 saturated heterocycles. The van der Waals surface area contributed by atoms with Crippen LogP contribution in [0.4, 0.5) is 0 Å². The number of carbonyl (C=O) groups excluding carboxylic acids is 1. The summed E-state index contributed by atoms with van der Waals surface area (Å²) in [6.45, 7) is 2.11. The summed E-state index contributed by atoms with van der Waals surface area (Å²) in [6.07, 6.45) is 5.76. The third kappa shape index (κ3) is 5.27. The molecule has 0 radical (unpaired) electrons. The van der Waals surface area contributed by atoms with Crippen LogP contribution in [-0.4, -0.2) is 76.8 Å². The van der Waals surface area contributed by atoms with E-state index in [1.54, 1.807) is 31.5 Å². The number of aromatic nitrogens is 4. The highest BCUT2D eigenvalue weighted by Crippen LogP contribution is 2.40. The predicted molar refractivity (Wildman–Crippen MR) is 103 cm³/mol. The molecule has 0 aromatic carbocycles. The molecule has 0 atom stereocenters. The Bertz CT molecular complexity index is 728. The van der Waals surface area contributed by atoms with E-state index in [4.69, 9.17) is 9.47 Å². The summed E-state index contributed by atoms with van der Waals surface area (Å²) in [6, 6.07) is 4.28. The molecule has 8 nitrogen and oxygen atoms in total. The topological polar surface area (TPSA) is 82.4 Å². The van der Waals surface area contributed by atoms with E-state index in [9.17, 15) is 4.79 Å². The average Bonchev–Trinajstić information content (AvgIpc) is 3.46. The van der Waals surface area contributed by atoms with Gasteiger partial charge in [0.15, 0.2) is 11.0 Å². The van der Waals surface area contributed by atoms with E-state index in [2.05, 4.69) is 19.7 Å². The number of carbonyl (C=O) groups is 1. The Balaban J connectivity index is 1.68. The molecule has 0 N–H and O–H groups in total. The van der Waals surface area contributed by atoms with Crippen LogP contribution in [0.25, 0.3) is 11.4 Å². The number of thioether (sulfide) groups is 1. The molecule has 146 valence electrons. The SMILES string of the molecule is COCCN(CCOC)C(=O)CSc1nnc(-c2cccnc2)n1C1CC1. The van der Waals surface area contributed by atoms with Crippen molar-refractivity contribution in [2.24, 2.45) is 0 Å². The number of nitrogens with zero attached hydrogens (tertiary/aromatic N) is 5. The summed E-state index contributed by atoms with van der Waals surface area (Å²) in [5.74, 6) is 1.17. The van der Waals surface area contributed by atoms with Crippen LogP contribution >= 0.6 is 11.8 Å². The second kappa shape index (κ2) is 9.82. The predicted octanol–water partition coefficient (Wildman–Crippen LogP) is 1.89. The van der Waals surface area contributed by atoms with E-state index in [1.165, 1.54) is 11.8 Å². The summed E-state index contributed by atoms with van der Waals surface area (Å²) >= 11 is 1.43. The van der Waals surface area contributed by atoms with Gasteiger partial charge in [-0.15, -0.1) is 10.2 Å². The van der Waals surface area contributed by atoms with Gasteiger partial charge < -0.3 is 14.4 Å². The van der Waals surface area contributed by atoms with Gasteiger partial charge in [0, 0.05) is 51.3 Å². The zero-order chi connectivity index (χ0) is 19.1. The van der Waals surface area contributed by atoms with E-state index >= 15 is 0 Å². The first kappa shape index (κ1) is 19.8. The Labute approximate surface area is 163 Å². The van der Waals surface area contributed by atoms with Crippen molar-refractivity contribution >= 4 is 17.7 Å². The first-order chi connectivity index (χ1) is 13.2. The number of methoxy groups -OCH3 is 2. The molecule has 0 unspecified atom stereocenters. The minimum absolute atomic E-state index is 0.0439. The zero-order valence-corrected chi connectivity index (χ0v) is 16.5. The molecule has 2 aromatic heterocycles. The van der Waals surface area contributed by atoms with Crippen molar-refractivity contribution in [2.75, 3.05) is 46.3 Å². The second-order valence-electron chi connectivity index (χ2n) is 6.30. The molecule has 0 bridgehead atoms. The van der Waals surface area contributed by atoms with Crippen molar-refractivity contribution in [2.45, 2.75) is 24.0 Å². The van der Waals surface area contributed by atoms with Crippen molar-refractivity contribution in [3.8, 4) is 11.4 Å². The Morgan fingerprint density at radius 2 is 2.00 bits per heavy atom. The van der Waals surface area contributed by atoms with Gasteiger partial charge in [0.25, 0.3) is 0 Å². The molecule has 1 aliphatic rings. The summed E-state index contributed by atoms with van der Waals surface area (Å²) in [7, 11) is 3.26. The first-order valence-corrected chi connectivity index (χ1v) is 9.97. The fourth-order valence-corrected chi connectivity index (χ4v) is 3.62. The molecule has 2 aromatic rings. The molecule has 2 heterocycles. The lowest BCUT2D eigenvalue weighted by Gasteiger charge is -2.21. The van der Waals surface area contributed by atoms with Gasteiger partial charge in [0.2, 0.25) is 5.91 Å². The monoisotopic (exact) mass is 391 g/mol. The van der Waals surface area contributed by atoms with Gasteiger partial charge in [0.05, 0.1) is 19.0 Å². The quantitative estimate of drug-likeness (QED) is 0.541. The van der Waals surface area contributed by atoms with Crippen molar-refractivity contribution in [3.05, 3.63) is 24.5 Å². The number of hydrogen-bond acceptors (Lipinski definition) is 7. The standard InChI is InChI=1S/C18H25N5O3S/c1-25-10-8-22(9-11-26-2)16(24)13-27-18-21-20-17(23(18)15-5-6-15)14-4-3-7-19-12-14/h3-4,7,12,15H,5-6,8-11,13H2,1-2H3. The Kier molecular flexibility index (Phi) is 7.19. The van der Waals surface area contributed by atoms with Crippen molar-refractivity contribution in [1.82, 2.24) is 24.6 Å². The van der Waals surface area contributed by atoms with Gasteiger partial charge in [-0.2, -0.15) is 0 Å². The molecule has 3 rings (SSSR count). The maximum Gasteiger partial charge on any atom is 0.233 e. The lowest BCUT2D eigenvalue weighted by Crippen LogP contribution is -2.37. The molecular formula is C18H25N5O3S. The normalized spacial score (nSPS) is 13.7. The average molecular weight is 391 g/mol. The summed E-state index contributed by atoms with van der Waals surface area (Å²) < 4.78 is 12.3. The summed E-state index contributed by atoms with van der Waals surface area (Å²) in [5, 5.41) is 9.47. The van der Waals surface area contributed by atoms with Crippen LogP contribution < -0.4 is 0 Å². The fraction of sp³-hybridized carbons (Fsp3) is 0.556. The van der Waals surface area contributed by atoms with Gasteiger partial charge in [0.1, 0.15) is 0 Å². The van der Waals surface area contributed by atoms with Crippen LogP contribution in [-0.2, 0) is 14.3 Å². The smallest absolute Gasteiger partial charge is 0.233 e.